The molecule has 2 aromatic heterocycles. The van der Waals surface area contributed by atoms with Crippen LogP contribution < -0.4 is 0 Å². The zero-order valence-electron chi connectivity index (χ0n) is 6.38. The SMILES string of the molecule is Cc1nc(Br)n2cccc(Cl)c12. The number of fused-ring (bicyclic) bond motifs is 1. The topological polar surface area (TPSA) is 17.3 Å². The van der Waals surface area contributed by atoms with Crippen LogP contribution in [0.3, 0.4) is 0 Å². The number of pyridine rings is 1. The van der Waals surface area contributed by atoms with E-state index in [-0.39, 0.29) is 0 Å². The number of rotatable bonds is 0. The third-order valence-corrected chi connectivity index (χ3v) is 2.61. The van der Waals surface area contributed by atoms with Crippen molar-refractivity contribution in [2.45, 2.75) is 6.92 Å². The van der Waals surface area contributed by atoms with Gasteiger partial charge in [0.15, 0.2) is 4.73 Å². The average molecular weight is 246 g/mol. The van der Waals surface area contributed by atoms with Crippen LogP contribution in [0.1, 0.15) is 5.69 Å². The molecule has 2 rings (SSSR count). The van der Waals surface area contributed by atoms with Crippen LogP contribution in [0.5, 0.6) is 0 Å². The van der Waals surface area contributed by atoms with Gasteiger partial charge in [-0.15, -0.1) is 0 Å². The lowest BCUT2D eigenvalue weighted by Crippen LogP contribution is -1.83. The minimum Gasteiger partial charge on any atom is -0.293 e. The highest BCUT2D eigenvalue weighted by molar-refractivity contribution is 9.10. The van der Waals surface area contributed by atoms with Crippen molar-refractivity contribution in [2.24, 2.45) is 0 Å². The Hall–Kier alpha value is -0.540. The molecule has 0 radical (unpaired) electrons. The zero-order chi connectivity index (χ0) is 8.72. The van der Waals surface area contributed by atoms with Crippen molar-refractivity contribution < 1.29 is 0 Å². The molecule has 2 heterocycles. The number of hydrogen-bond acceptors (Lipinski definition) is 1. The van der Waals surface area contributed by atoms with Gasteiger partial charge in [-0.1, -0.05) is 11.6 Å². The molecule has 0 saturated carbocycles. The van der Waals surface area contributed by atoms with Gasteiger partial charge in [0, 0.05) is 6.20 Å². The van der Waals surface area contributed by atoms with Crippen molar-refractivity contribution in [3.05, 3.63) is 33.8 Å². The summed E-state index contributed by atoms with van der Waals surface area (Å²) in [5, 5.41) is 0.730. The number of imidazole rings is 1. The molecule has 0 N–H and O–H groups in total. The van der Waals surface area contributed by atoms with Crippen molar-refractivity contribution in [1.29, 1.82) is 0 Å². The largest absolute Gasteiger partial charge is 0.293 e. The molecule has 0 spiro atoms. The van der Waals surface area contributed by atoms with Crippen molar-refractivity contribution in [3.8, 4) is 0 Å². The van der Waals surface area contributed by atoms with E-state index in [1.54, 1.807) is 0 Å². The predicted octanol–water partition coefficient (Wildman–Crippen LogP) is 3.06. The molecule has 0 saturated heterocycles. The predicted molar refractivity (Wildman–Crippen MR) is 52.6 cm³/mol. The van der Waals surface area contributed by atoms with E-state index in [0.29, 0.717) is 0 Å². The van der Waals surface area contributed by atoms with E-state index >= 15 is 0 Å². The van der Waals surface area contributed by atoms with Gasteiger partial charge in [0.1, 0.15) is 0 Å². The maximum absolute atomic E-state index is 5.99. The van der Waals surface area contributed by atoms with Crippen molar-refractivity contribution >= 4 is 33.0 Å². The first kappa shape index (κ1) is 8.08. The summed E-state index contributed by atoms with van der Waals surface area (Å²) in [5.74, 6) is 0. The highest BCUT2D eigenvalue weighted by atomic mass is 79.9. The first-order valence-corrected chi connectivity index (χ1v) is 4.66. The molecule has 0 unspecified atom stereocenters. The highest BCUT2D eigenvalue weighted by Gasteiger charge is 2.07. The van der Waals surface area contributed by atoms with Gasteiger partial charge in [-0.2, -0.15) is 0 Å². The Kier molecular flexibility index (Phi) is 1.85. The Balaban J connectivity index is 2.99. The minimum absolute atomic E-state index is 0.730. The maximum Gasteiger partial charge on any atom is 0.182 e. The van der Waals surface area contributed by atoms with Gasteiger partial charge < -0.3 is 0 Å². The van der Waals surface area contributed by atoms with Crippen molar-refractivity contribution in [2.75, 3.05) is 0 Å². The van der Waals surface area contributed by atoms with E-state index in [2.05, 4.69) is 20.9 Å². The summed E-state index contributed by atoms with van der Waals surface area (Å²) >= 11 is 9.34. The molecule has 0 aliphatic carbocycles. The second-order valence-corrected chi connectivity index (χ2v) is 3.66. The summed E-state index contributed by atoms with van der Waals surface area (Å²) < 4.78 is 2.70. The highest BCUT2D eigenvalue weighted by Crippen LogP contribution is 2.23. The lowest BCUT2D eigenvalue weighted by molar-refractivity contribution is 1.09. The van der Waals surface area contributed by atoms with Crippen LogP contribution in [0.2, 0.25) is 5.02 Å². The van der Waals surface area contributed by atoms with Gasteiger partial charge in [0.2, 0.25) is 0 Å². The molecule has 12 heavy (non-hydrogen) atoms. The number of halogens is 2. The Morgan fingerprint density at radius 3 is 3.00 bits per heavy atom. The van der Waals surface area contributed by atoms with Crippen molar-refractivity contribution in [1.82, 2.24) is 9.38 Å². The number of aryl methyl sites for hydroxylation is 1. The second-order valence-electron chi connectivity index (χ2n) is 2.54. The summed E-state index contributed by atoms with van der Waals surface area (Å²) in [4.78, 5) is 4.25. The molecular formula is C8H6BrClN2. The van der Waals surface area contributed by atoms with E-state index < -0.39 is 0 Å². The molecule has 2 aromatic rings. The first-order valence-electron chi connectivity index (χ1n) is 3.49. The Morgan fingerprint density at radius 1 is 1.58 bits per heavy atom. The first-order chi connectivity index (χ1) is 5.70. The Labute approximate surface area is 83.3 Å². The third kappa shape index (κ3) is 1.04. The average Bonchev–Trinajstić information content (AvgIpc) is 2.29. The summed E-state index contributed by atoms with van der Waals surface area (Å²) in [6.45, 7) is 1.94. The number of aromatic nitrogens is 2. The number of hydrogen-bond donors (Lipinski definition) is 0. The zero-order valence-corrected chi connectivity index (χ0v) is 8.72. The molecule has 0 atom stereocenters. The van der Waals surface area contributed by atoms with Gasteiger partial charge >= 0.3 is 0 Å². The van der Waals surface area contributed by atoms with Gasteiger partial charge in [-0.05, 0) is 35.0 Å². The van der Waals surface area contributed by atoms with E-state index in [0.717, 1.165) is 21.0 Å². The lowest BCUT2D eigenvalue weighted by atomic mass is 10.3. The maximum atomic E-state index is 5.99. The van der Waals surface area contributed by atoms with E-state index in [9.17, 15) is 0 Å². The van der Waals surface area contributed by atoms with Crippen LogP contribution in [0, 0.1) is 6.92 Å². The summed E-state index contributed by atoms with van der Waals surface area (Å²) in [5.41, 5.74) is 1.90. The van der Waals surface area contributed by atoms with Crippen LogP contribution in [0.25, 0.3) is 5.52 Å². The van der Waals surface area contributed by atoms with Crippen LogP contribution >= 0.6 is 27.5 Å². The molecule has 0 aliphatic rings. The smallest absolute Gasteiger partial charge is 0.182 e. The number of nitrogens with zero attached hydrogens (tertiary/aromatic N) is 2. The van der Waals surface area contributed by atoms with Crippen LogP contribution in [-0.2, 0) is 0 Å². The molecule has 0 amide bonds. The molecule has 0 aliphatic heterocycles. The molecule has 4 heteroatoms. The van der Waals surface area contributed by atoms with Crippen LogP contribution in [0.15, 0.2) is 23.1 Å². The van der Waals surface area contributed by atoms with Gasteiger partial charge in [0.25, 0.3) is 0 Å². The van der Waals surface area contributed by atoms with Gasteiger partial charge in [-0.25, -0.2) is 4.98 Å². The second kappa shape index (κ2) is 2.75. The normalized spacial score (nSPS) is 10.9. The minimum atomic E-state index is 0.730. The molecule has 0 aromatic carbocycles. The molecule has 0 fully saturated rings. The van der Waals surface area contributed by atoms with Gasteiger partial charge in [-0.3, -0.25) is 4.40 Å². The Morgan fingerprint density at radius 2 is 2.33 bits per heavy atom. The summed E-state index contributed by atoms with van der Waals surface area (Å²) in [7, 11) is 0. The van der Waals surface area contributed by atoms with E-state index in [1.165, 1.54) is 0 Å². The van der Waals surface area contributed by atoms with Crippen molar-refractivity contribution in [3.63, 3.8) is 0 Å². The summed E-state index contributed by atoms with van der Waals surface area (Å²) in [6.07, 6.45) is 1.92. The lowest BCUT2D eigenvalue weighted by Gasteiger charge is -1.96. The van der Waals surface area contributed by atoms with Crippen LogP contribution in [-0.4, -0.2) is 9.38 Å². The van der Waals surface area contributed by atoms with Crippen LogP contribution in [0.4, 0.5) is 0 Å². The standard InChI is InChI=1S/C8H6BrClN2/c1-5-7-6(10)3-2-4-12(7)8(9)11-5/h2-4H,1H3. The fourth-order valence-electron chi connectivity index (χ4n) is 1.23. The fraction of sp³-hybridized carbons (Fsp3) is 0.125. The quantitative estimate of drug-likeness (QED) is 0.697. The van der Waals surface area contributed by atoms with Gasteiger partial charge in [0.05, 0.1) is 16.2 Å². The fourth-order valence-corrected chi connectivity index (χ4v) is 2.09. The Bertz CT molecular complexity index is 436. The van der Waals surface area contributed by atoms with E-state index in [1.807, 2.05) is 29.7 Å². The molecule has 2 nitrogen and oxygen atoms in total. The molecular weight excluding hydrogens is 239 g/mol. The molecule has 0 bridgehead atoms. The molecule has 62 valence electrons. The monoisotopic (exact) mass is 244 g/mol. The van der Waals surface area contributed by atoms with E-state index in [4.69, 9.17) is 11.6 Å². The summed E-state index contributed by atoms with van der Waals surface area (Å²) in [6, 6.07) is 3.75. The third-order valence-electron chi connectivity index (χ3n) is 1.75.